The zero-order valence-corrected chi connectivity index (χ0v) is 18.5. The summed E-state index contributed by atoms with van der Waals surface area (Å²) in [5.74, 6) is 1.57. The molecule has 1 atom stereocenters. The van der Waals surface area contributed by atoms with E-state index in [1.54, 1.807) is 22.8 Å². The lowest BCUT2D eigenvalue weighted by Gasteiger charge is -2.24. The third-order valence-electron chi connectivity index (χ3n) is 5.08. The van der Waals surface area contributed by atoms with Gasteiger partial charge in [-0.05, 0) is 43.3 Å². The Hall–Kier alpha value is -3.15. The van der Waals surface area contributed by atoms with Crippen LogP contribution in [0.25, 0.3) is 5.69 Å². The summed E-state index contributed by atoms with van der Waals surface area (Å²) < 4.78 is 1.71. The summed E-state index contributed by atoms with van der Waals surface area (Å²) in [6.45, 7) is 3.02. The maximum atomic E-state index is 12.3. The summed E-state index contributed by atoms with van der Waals surface area (Å²) in [7, 11) is 1.95. The minimum absolute atomic E-state index is 0.00612. The molecule has 1 heterocycles. The van der Waals surface area contributed by atoms with Gasteiger partial charge < -0.3 is 5.32 Å². The van der Waals surface area contributed by atoms with Crippen LogP contribution in [-0.4, -0.2) is 51.5 Å². The lowest BCUT2D eigenvalue weighted by Crippen LogP contribution is -2.37. The van der Waals surface area contributed by atoms with Gasteiger partial charge in [0.1, 0.15) is 12.7 Å². The average molecular weight is 435 g/mol. The predicted octanol–water partition coefficient (Wildman–Crippen LogP) is 3.18. The quantitative estimate of drug-likeness (QED) is 0.493. The molecule has 0 aliphatic rings. The number of aromatic nitrogens is 3. The summed E-state index contributed by atoms with van der Waals surface area (Å²) in [6, 6.07) is 18.0. The van der Waals surface area contributed by atoms with Crippen molar-refractivity contribution in [2.45, 2.75) is 18.7 Å². The number of nitriles is 1. The standard InChI is InChI=1S/C23H26N6OS/c1-18(19-7-9-22(10-8-19)29-17-25-16-27-29)28(2)14-23(30)26-11-12-31-15-21-6-4-3-5-20(21)13-24/h3-10,16-18H,11-12,14-15H2,1-2H3,(H,26,30)/t18-/m1/s1. The molecule has 0 spiro atoms. The first-order valence-electron chi connectivity index (χ1n) is 10.1. The van der Waals surface area contributed by atoms with E-state index in [9.17, 15) is 4.79 Å². The zero-order valence-electron chi connectivity index (χ0n) is 17.7. The molecule has 0 saturated carbocycles. The van der Waals surface area contributed by atoms with E-state index in [-0.39, 0.29) is 11.9 Å². The fourth-order valence-electron chi connectivity index (χ4n) is 3.12. The number of benzene rings is 2. The molecule has 1 N–H and O–H groups in total. The number of carbonyl (C=O) groups excluding carboxylic acids is 1. The highest BCUT2D eigenvalue weighted by atomic mass is 32.2. The average Bonchev–Trinajstić information content (AvgIpc) is 3.33. The van der Waals surface area contributed by atoms with Crippen LogP contribution in [-0.2, 0) is 10.5 Å². The summed E-state index contributed by atoms with van der Waals surface area (Å²) in [4.78, 5) is 18.3. The van der Waals surface area contributed by atoms with Gasteiger partial charge in [0.05, 0.1) is 23.9 Å². The van der Waals surface area contributed by atoms with Crippen molar-refractivity contribution in [2.75, 3.05) is 25.9 Å². The summed E-state index contributed by atoms with van der Waals surface area (Å²) in [5, 5.41) is 16.2. The molecule has 1 amide bonds. The monoisotopic (exact) mass is 434 g/mol. The Morgan fingerprint density at radius 2 is 2.03 bits per heavy atom. The molecule has 160 valence electrons. The second-order valence-corrected chi connectivity index (χ2v) is 8.30. The molecule has 1 aromatic heterocycles. The Morgan fingerprint density at radius 1 is 1.26 bits per heavy atom. The van der Waals surface area contributed by atoms with Gasteiger partial charge in [0.15, 0.2) is 0 Å². The van der Waals surface area contributed by atoms with E-state index < -0.39 is 0 Å². The third kappa shape index (κ3) is 6.41. The number of carbonyl (C=O) groups is 1. The fraction of sp³-hybridized carbons (Fsp3) is 0.304. The molecule has 8 heteroatoms. The molecule has 0 aliphatic carbocycles. The topological polar surface area (TPSA) is 86.8 Å². The molecule has 0 bridgehead atoms. The first-order valence-corrected chi connectivity index (χ1v) is 11.2. The van der Waals surface area contributed by atoms with Gasteiger partial charge in [-0.1, -0.05) is 30.3 Å². The second-order valence-electron chi connectivity index (χ2n) is 7.19. The minimum Gasteiger partial charge on any atom is -0.354 e. The molecule has 0 unspecified atom stereocenters. The molecular weight excluding hydrogens is 408 g/mol. The van der Waals surface area contributed by atoms with Gasteiger partial charge >= 0.3 is 0 Å². The van der Waals surface area contributed by atoms with Gasteiger partial charge in [-0.15, -0.1) is 0 Å². The summed E-state index contributed by atoms with van der Waals surface area (Å²) in [6.07, 6.45) is 3.17. The van der Waals surface area contributed by atoms with Crippen molar-refractivity contribution in [1.82, 2.24) is 25.0 Å². The lowest BCUT2D eigenvalue weighted by molar-refractivity contribution is -0.122. The number of nitrogens with one attached hydrogen (secondary N) is 1. The number of hydrogen-bond acceptors (Lipinski definition) is 6. The van der Waals surface area contributed by atoms with Gasteiger partial charge in [0, 0.05) is 24.1 Å². The minimum atomic E-state index is 0.00612. The van der Waals surface area contributed by atoms with E-state index >= 15 is 0 Å². The van der Waals surface area contributed by atoms with Crippen molar-refractivity contribution in [2.24, 2.45) is 0 Å². The van der Waals surface area contributed by atoms with Gasteiger partial charge in [0.2, 0.25) is 5.91 Å². The van der Waals surface area contributed by atoms with E-state index in [4.69, 9.17) is 5.26 Å². The van der Waals surface area contributed by atoms with E-state index in [0.29, 0.717) is 18.7 Å². The van der Waals surface area contributed by atoms with Crippen molar-refractivity contribution >= 4 is 17.7 Å². The number of rotatable bonds is 10. The van der Waals surface area contributed by atoms with Crippen molar-refractivity contribution in [3.63, 3.8) is 0 Å². The Morgan fingerprint density at radius 3 is 2.74 bits per heavy atom. The van der Waals surface area contributed by atoms with E-state index in [1.165, 1.54) is 6.33 Å². The van der Waals surface area contributed by atoms with Crippen LogP contribution in [0.15, 0.2) is 61.2 Å². The first kappa shape index (κ1) is 22.5. The molecule has 7 nitrogen and oxygen atoms in total. The van der Waals surface area contributed by atoms with Gasteiger partial charge in [-0.3, -0.25) is 9.69 Å². The molecule has 2 aromatic carbocycles. The molecule has 0 radical (unpaired) electrons. The highest BCUT2D eigenvalue weighted by Gasteiger charge is 2.15. The Bertz CT molecular complexity index is 1010. The lowest BCUT2D eigenvalue weighted by atomic mass is 10.1. The van der Waals surface area contributed by atoms with Crippen molar-refractivity contribution in [1.29, 1.82) is 5.26 Å². The van der Waals surface area contributed by atoms with Crippen molar-refractivity contribution in [3.05, 3.63) is 77.9 Å². The molecule has 3 aromatic rings. The van der Waals surface area contributed by atoms with Crippen LogP contribution in [0, 0.1) is 11.3 Å². The normalized spacial score (nSPS) is 11.8. The van der Waals surface area contributed by atoms with Gasteiger partial charge in [0.25, 0.3) is 0 Å². The Kier molecular flexibility index (Phi) is 8.21. The zero-order chi connectivity index (χ0) is 22.1. The van der Waals surface area contributed by atoms with Crippen LogP contribution in [0.4, 0.5) is 0 Å². The number of thioether (sulfide) groups is 1. The summed E-state index contributed by atoms with van der Waals surface area (Å²) in [5.41, 5.74) is 3.82. The van der Waals surface area contributed by atoms with Crippen LogP contribution in [0.5, 0.6) is 0 Å². The van der Waals surface area contributed by atoms with Crippen LogP contribution in [0.1, 0.15) is 29.7 Å². The van der Waals surface area contributed by atoms with Crippen LogP contribution in [0.3, 0.4) is 0 Å². The number of hydrogen-bond donors (Lipinski definition) is 1. The van der Waals surface area contributed by atoms with Crippen molar-refractivity contribution < 1.29 is 4.79 Å². The molecule has 0 fully saturated rings. The number of likely N-dealkylation sites (N-methyl/N-ethyl adjacent to an activating group) is 1. The Labute approximate surface area is 187 Å². The van der Waals surface area contributed by atoms with Crippen molar-refractivity contribution in [3.8, 4) is 11.8 Å². The maximum Gasteiger partial charge on any atom is 0.234 e. The van der Waals surface area contributed by atoms with E-state index in [2.05, 4.69) is 28.4 Å². The smallest absolute Gasteiger partial charge is 0.234 e. The number of amides is 1. The third-order valence-corrected chi connectivity index (χ3v) is 6.08. The molecular formula is C23H26N6OS. The molecule has 0 saturated heterocycles. The van der Waals surface area contributed by atoms with Crippen LogP contribution in [0.2, 0.25) is 0 Å². The molecule has 0 aliphatic heterocycles. The maximum absolute atomic E-state index is 12.3. The Balaban J connectivity index is 1.39. The predicted molar refractivity (Wildman–Crippen MR) is 123 cm³/mol. The van der Waals surface area contributed by atoms with Gasteiger partial charge in [-0.2, -0.15) is 22.1 Å². The summed E-state index contributed by atoms with van der Waals surface area (Å²) >= 11 is 1.71. The van der Waals surface area contributed by atoms with Crippen LogP contribution < -0.4 is 5.32 Å². The largest absolute Gasteiger partial charge is 0.354 e. The highest BCUT2D eigenvalue weighted by Crippen LogP contribution is 2.20. The SMILES string of the molecule is C[C@H](c1ccc(-n2cncn2)cc1)N(C)CC(=O)NCCSCc1ccccc1C#N. The van der Waals surface area contributed by atoms with Crippen LogP contribution >= 0.6 is 11.8 Å². The molecule has 31 heavy (non-hydrogen) atoms. The van der Waals surface area contributed by atoms with Gasteiger partial charge in [-0.25, -0.2) is 9.67 Å². The second kappa shape index (κ2) is 11.3. The highest BCUT2D eigenvalue weighted by molar-refractivity contribution is 7.98. The molecule has 3 rings (SSSR count). The number of nitrogens with zero attached hydrogens (tertiary/aromatic N) is 5. The van der Waals surface area contributed by atoms with E-state index in [0.717, 1.165) is 28.3 Å². The fourth-order valence-corrected chi connectivity index (χ4v) is 3.98. The first-order chi connectivity index (χ1) is 15.1. The van der Waals surface area contributed by atoms with E-state index in [1.807, 2.05) is 60.5 Å².